The van der Waals surface area contributed by atoms with Crippen LogP contribution in [0.1, 0.15) is 18.3 Å². The molecule has 3 aromatic rings. The summed E-state index contributed by atoms with van der Waals surface area (Å²) >= 11 is 0. The average molecular weight is 299 g/mol. The molecule has 0 saturated carbocycles. The Hall–Kier alpha value is -2.63. The number of esters is 1. The van der Waals surface area contributed by atoms with E-state index in [4.69, 9.17) is 4.74 Å². The van der Waals surface area contributed by atoms with Gasteiger partial charge in [0.2, 0.25) is 0 Å². The SMILES string of the molecule is CCOC(=O)Cn1nc(C)n2c(cc3cc(C)ccc32)c1=O. The summed E-state index contributed by atoms with van der Waals surface area (Å²) in [5, 5.41) is 5.22. The van der Waals surface area contributed by atoms with Crippen molar-refractivity contribution in [3.05, 3.63) is 46.0 Å². The van der Waals surface area contributed by atoms with Gasteiger partial charge in [-0.25, -0.2) is 4.68 Å². The zero-order valence-electron chi connectivity index (χ0n) is 12.8. The lowest BCUT2D eigenvalue weighted by Gasteiger charge is -2.08. The molecule has 0 aliphatic carbocycles. The Morgan fingerprint density at radius 1 is 1.23 bits per heavy atom. The second kappa shape index (κ2) is 5.29. The average Bonchev–Trinajstić information content (AvgIpc) is 2.83. The predicted octanol–water partition coefficient (Wildman–Crippen LogP) is 1.83. The summed E-state index contributed by atoms with van der Waals surface area (Å²) in [5.74, 6) is 0.186. The monoisotopic (exact) mass is 299 g/mol. The smallest absolute Gasteiger partial charge is 0.327 e. The molecule has 0 atom stereocenters. The van der Waals surface area contributed by atoms with E-state index in [2.05, 4.69) is 5.10 Å². The van der Waals surface area contributed by atoms with Crippen LogP contribution in [0.5, 0.6) is 0 Å². The van der Waals surface area contributed by atoms with Crippen LogP contribution in [0.25, 0.3) is 16.4 Å². The highest BCUT2D eigenvalue weighted by Crippen LogP contribution is 2.20. The molecule has 0 aliphatic heterocycles. The lowest BCUT2D eigenvalue weighted by Crippen LogP contribution is -2.30. The maximum Gasteiger partial charge on any atom is 0.327 e. The molecule has 0 aliphatic rings. The minimum absolute atomic E-state index is 0.176. The number of benzene rings is 1. The summed E-state index contributed by atoms with van der Waals surface area (Å²) in [6.45, 7) is 5.65. The first-order valence-electron chi connectivity index (χ1n) is 7.16. The van der Waals surface area contributed by atoms with Crippen LogP contribution in [-0.4, -0.2) is 26.8 Å². The van der Waals surface area contributed by atoms with Gasteiger partial charge in [-0.3, -0.25) is 14.0 Å². The van der Waals surface area contributed by atoms with E-state index in [9.17, 15) is 9.59 Å². The molecule has 2 aromatic heterocycles. The number of aromatic nitrogens is 3. The first kappa shape index (κ1) is 14.3. The van der Waals surface area contributed by atoms with Gasteiger partial charge in [0.15, 0.2) is 0 Å². The molecule has 0 amide bonds. The molecule has 6 nitrogen and oxygen atoms in total. The van der Waals surface area contributed by atoms with Crippen molar-refractivity contribution in [2.75, 3.05) is 6.61 Å². The Labute approximate surface area is 126 Å². The number of rotatable bonds is 3. The van der Waals surface area contributed by atoms with Crippen molar-refractivity contribution < 1.29 is 9.53 Å². The van der Waals surface area contributed by atoms with Gasteiger partial charge in [-0.2, -0.15) is 5.10 Å². The van der Waals surface area contributed by atoms with E-state index in [1.807, 2.05) is 42.5 Å². The largest absolute Gasteiger partial charge is 0.465 e. The molecule has 22 heavy (non-hydrogen) atoms. The maximum atomic E-state index is 12.5. The van der Waals surface area contributed by atoms with Crippen LogP contribution in [-0.2, 0) is 16.1 Å². The molecule has 0 spiro atoms. The lowest BCUT2D eigenvalue weighted by molar-refractivity contribution is -0.144. The van der Waals surface area contributed by atoms with Crippen molar-refractivity contribution in [1.82, 2.24) is 14.2 Å². The van der Waals surface area contributed by atoms with Crippen LogP contribution >= 0.6 is 0 Å². The number of aryl methyl sites for hydroxylation is 2. The summed E-state index contributed by atoms with van der Waals surface area (Å²) < 4.78 is 7.86. The van der Waals surface area contributed by atoms with Crippen molar-refractivity contribution in [1.29, 1.82) is 0 Å². The van der Waals surface area contributed by atoms with Gasteiger partial charge in [0, 0.05) is 5.39 Å². The topological polar surface area (TPSA) is 65.6 Å². The van der Waals surface area contributed by atoms with Gasteiger partial charge in [-0.1, -0.05) is 11.6 Å². The number of nitrogens with zero attached hydrogens (tertiary/aromatic N) is 3. The number of hydrogen-bond donors (Lipinski definition) is 0. The third-order valence-corrected chi connectivity index (χ3v) is 3.58. The molecule has 2 heterocycles. The lowest BCUT2D eigenvalue weighted by atomic mass is 10.2. The molecular weight excluding hydrogens is 282 g/mol. The van der Waals surface area contributed by atoms with Crippen molar-refractivity contribution in [3.8, 4) is 0 Å². The standard InChI is InChI=1S/C16H17N3O3/c1-4-22-15(20)9-18-16(21)14-8-12-7-10(2)5-6-13(12)19(14)11(3)17-18/h5-8H,4,9H2,1-3H3. The first-order valence-corrected chi connectivity index (χ1v) is 7.16. The van der Waals surface area contributed by atoms with E-state index < -0.39 is 5.97 Å². The predicted molar refractivity (Wildman–Crippen MR) is 83.1 cm³/mol. The quantitative estimate of drug-likeness (QED) is 0.692. The number of hydrogen-bond acceptors (Lipinski definition) is 4. The number of carbonyl (C=O) groups excluding carboxylic acids is 1. The number of fused-ring (bicyclic) bond motifs is 3. The van der Waals surface area contributed by atoms with Gasteiger partial charge in [0.05, 0.1) is 12.1 Å². The highest BCUT2D eigenvalue weighted by molar-refractivity contribution is 5.87. The Morgan fingerprint density at radius 3 is 2.73 bits per heavy atom. The summed E-state index contributed by atoms with van der Waals surface area (Å²) in [6, 6.07) is 7.83. The Bertz CT molecular complexity index is 937. The molecule has 0 N–H and O–H groups in total. The van der Waals surface area contributed by atoms with E-state index in [-0.39, 0.29) is 18.7 Å². The molecule has 0 bridgehead atoms. The fraction of sp³-hybridized carbons (Fsp3) is 0.312. The second-order valence-electron chi connectivity index (χ2n) is 5.24. The summed E-state index contributed by atoms with van der Waals surface area (Å²) in [4.78, 5) is 24.1. The molecule has 114 valence electrons. The second-order valence-corrected chi connectivity index (χ2v) is 5.24. The fourth-order valence-corrected chi connectivity index (χ4v) is 2.67. The van der Waals surface area contributed by atoms with Gasteiger partial charge in [-0.15, -0.1) is 0 Å². The molecule has 3 rings (SSSR count). The van der Waals surface area contributed by atoms with Crippen LogP contribution < -0.4 is 5.56 Å². The molecular formula is C16H17N3O3. The van der Waals surface area contributed by atoms with Gasteiger partial charge in [-0.05, 0) is 39.0 Å². The zero-order chi connectivity index (χ0) is 15.9. The number of carbonyl (C=O) groups is 1. The van der Waals surface area contributed by atoms with Crippen molar-refractivity contribution in [3.63, 3.8) is 0 Å². The van der Waals surface area contributed by atoms with Crippen LogP contribution in [0, 0.1) is 13.8 Å². The first-order chi connectivity index (χ1) is 10.5. The van der Waals surface area contributed by atoms with Gasteiger partial charge >= 0.3 is 5.97 Å². The minimum Gasteiger partial charge on any atom is -0.465 e. The normalized spacial score (nSPS) is 11.2. The Balaban J connectivity index is 2.23. The molecule has 0 radical (unpaired) electrons. The zero-order valence-corrected chi connectivity index (χ0v) is 12.8. The third kappa shape index (κ3) is 2.26. The van der Waals surface area contributed by atoms with Crippen molar-refractivity contribution >= 4 is 22.4 Å². The van der Waals surface area contributed by atoms with Gasteiger partial charge in [0.25, 0.3) is 5.56 Å². The van der Waals surface area contributed by atoms with Crippen molar-refractivity contribution in [2.24, 2.45) is 0 Å². The maximum absolute atomic E-state index is 12.5. The van der Waals surface area contributed by atoms with E-state index in [0.717, 1.165) is 21.1 Å². The van der Waals surface area contributed by atoms with Gasteiger partial charge < -0.3 is 4.74 Å². The fourth-order valence-electron chi connectivity index (χ4n) is 2.67. The minimum atomic E-state index is -0.465. The van der Waals surface area contributed by atoms with E-state index in [1.54, 1.807) is 6.92 Å². The van der Waals surface area contributed by atoms with E-state index in [1.165, 1.54) is 0 Å². The molecule has 1 aromatic carbocycles. The van der Waals surface area contributed by atoms with Crippen LogP contribution in [0.2, 0.25) is 0 Å². The van der Waals surface area contributed by atoms with E-state index >= 15 is 0 Å². The molecule has 0 fully saturated rings. The summed E-state index contributed by atoms with van der Waals surface area (Å²) in [6.07, 6.45) is 0. The molecule has 0 unspecified atom stereocenters. The summed E-state index contributed by atoms with van der Waals surface area (Å²) in [5.41, 5.74) is 2.27. The molecule has 0 saturated heterocycles. The number of ether oxygens (including phenoxy) is 1. The third-order valence-electron chi connectivity index (χ3n) is 3.58. The van der Waals surface area contributed by atoms with Gasteiger partial charge in [0.1, 0.15) is 17.9 Å². The van der Waals surface area contributed by atoms with Crippen LogP contribution in [0.4, 0.5) is 0 Å². The molecule has 6 heteroatoms. The highest BCUT2D eigenvalue weighted by atomic mass is 16.5. The summed E-state index contributed by atoms with van der Waals surface area (Å²) in [7, 11) is 0. The Kier molecular flexibility index (Phi) is 3.44. The van der Waals surface area contributed by atoms with Crippen LogP contribution in [0.15, 0.2) is 29.1 Å². The highest BCUT2D eigenvalue weighted by Gasteiger charge is 2.14. The van der Waals surface area contributed by atoms with E-state index in [0.29, 0.717) is 11.3 Å². The Morgan fingerprint density at radius 2 is 2.00 bits per heavy atom. The van der Waals surface area contributed by atoms with Crippen molar-refractivity contribution in [2.45, 2.75) is 27.3 Å². The van der Waals surface area contributed by atoms with Crippen LogP contribution in [0.3, 0.4) is 0 Å².